The third-order valence-electron chi connectivity index (χ3n) is 6.11. The third kappa shape index (κ3) is 6.72. The maximum absolute atomic E-state index is 12.7. The summed E-state index contributed by atoms with van der Waals surface area (Å²) < 4.78 is 39.3. The van der Waals surface area contributed by atoms with E-state index >= 15 is 0 Å². The van der Waals surface area contributed by atoms with Gasteiger partial charge in [-0.25, -0.2) is 17.9 Å². The fraction of sp³-hybridized carbons (Fsp3) is 0.696. The number of nitrogens with one attached hydrogen (secondary N) is 1. The highest BCUT2D eigenvalue weighted by atomic mass is 32.2. The molecule has 1 rings (SSSR count). The standard InChI is InChI=1S/C23H42N2O7SSi/c1-10-22(5,6)23(21(2,3)4,32-34(8)9)25(20(27)28)16-17(26)15-24-33(29,30)19-13-11-18(31-7)12-14-19/h11-14,17,24,26,34H,10,15-16H2,1-9H3,(H,27,28). The summed E-state index contributed by atoms with van der Waals surface area (Å²) >= 11 is 0. The number of sulfonamides is 1. The molecule has 2 atom stereocenters. The summed E-state index contributed by atoms with van der Waals surface area (Å²) in [6.07, 6.45) is -1.89. The topological polar surface area (TPSA) is 125 Å². The molecular weight excluding hydrogens is 476 g/mol. The van der Waals surface area contributed by atoms with Crippen LogP contribution < -0.4 is 9.46 Å². The molecule has 196 valence electrons. The average molecular weight is 519 g/mol. The summed E-state index contributed by atoms with van der Waals surface area (Å²) in [6, 6.07) is 5.84. The minimum atomic E-state index is -3.91. The summed E-state index contributed by atoms with van der Waals surface area (Å²) in [7, 11) is -4.18. The summed E-state index contributed by atoms with van der Waals surface area (Å²) in [5, 5.41) is 21.0. The second-order valence-electron chi connectivity index (χ2n) is 10.4. The highest BCUT2D eigenvalue weighted by Crippen LogP contribution is 2.51. The molecule has 2 unspecified atom stereocenters. The molecule has 0 heterocycles. The first-order valence-electron chi connectivity index (χ1n) is 11.4. The van der Waals surface area contributed by atoms with E-state index in [4.69, 9.17) is 9.16 Å². The van der Waals surface area contributed by atoms with Gasteiger partial charge in [-0.3, -0.25) is 4.90 Å². The van der Waals surface area contributed by atoms with Crippen LogP contribution in [0.1, 0.15) is 48.0 Å². The number of nitrogens with zero attached hydrogens (tertiary/aromatic N) is 1. The number of rotatable bonds is 12. The smallest absolute Gasteiger partial charge is 0.409 e. The van der Waals surface area contributed by atoms with Crippen molar-refractivity contribution in [3.05, 3.63) is 24.3 Å². The summed E-state index contributed by atoms with van der Waals surface area (Å²) in [6.45, 7) is 15.0. The fourth-order valence-corrected chi connectivity index (χ4v) is 6.98. The number of amides is 1. The Morgan fingerprint density at radius 2 is 1.68 bits per heavy atom. The van der Waals surface area contributed by atoms with Gasteiger partial charge >= 0.3 is 6.09 Å². The first-order valence-corrected chi connectivity index (χ1v) is 15.7. The molecule has 3 N–H and O–H groups in total. The van der Waals surface area contributed by atoms with Gasteiger partial charge in [0.2, 0.25) is 10.0 Å². The number of aliphatic hydroxyl groups excluding tert-OH is 1. The van der Waals surface area contributed by atoms with Crippen molar-refractivity contribution in [2.75, 3.05) is 20.2 Å². The number of carbonyl (C=O) groups is 1. The van der Waals surface area contributed by atoms with E-state index < -0.39 is 47.8 Å². The van der Waals surface area contributed by atoms with E-state index in [1.165, 1.54) is 31.4 Å². The van der Waals surface area contributed by atoms with E-state index in [0.29, 0.717) is 12.2 Å². The lowest BCUT2D eigenvalue weighted by atomic mass is 9.65. The summed E-state index contributed by atoms with van der Waals surface area (Å²) in [4.78, 5) is 13.7. The molecule has 0 saturated heterocycles. The van der Waals surface area contributed by atoms with Crippen molar-refractivity contribution in [3.63, 3.8) is 0 Å². The molecule has 1 aromatic rings. The van der Waals surface area contributed by atoms with E-state index in [1.807, 2.05) is 54.6 Å². The van der Waals surface area contributed by atoms with Crippen LogP contribution in [0.5, 0.6) is 5.75 Å². The minimum absolute atomic E-state index is 0.0147. The Labute approximate surface area is 206 Å². The van der Waals surface area contributed by atoms with Crippen LogP contribution in [-0.4, -0.2) is 70.7 Å². The lowest BCUT2D eigenvalue weighted by Gasteiger charge is -2.59. The molecule has 0 aromatic heterocycles. The predicted molar refractivity (Wildman–Crippen MR) is 135 cm³/mol. The van der Waals surface area contributed by atoms with Crippen molar-refractivity contribution >= 4 is 25.2 Å². The van der Waals surface area contributed by atoms with Gasteiger partial charge in [0.05, 0.1) is 24.7 Å². The quantitative estimate of drug-likeness (QED) is 0.286. The van der Waals surface area contributed by atoms with Crippen LogP contribution >= 0.6 is 0 Å². The van der Waals surface area contributed by atoms with Gasteiger partial charge in [-0.05, 0) is 43.8 Å². The van der Waals surface area contributed by atoms with Gasteiger partial charge in [0.1, 0.15) is 11.5 Å². The predicted octanol–water partition coefficient (Wildman–Crippen LogP) is 3.49. The van der Waals surface area contributed by atoms with Crippen LogP contribution in [0.3, 0.4) is 0 Å². The Morgan fingerprint density at radius 1 is 1.15 bits per heavy atom. The molecule has 0 aliphatic carbocycles. The minimum Gasteiger partial charge on any atom is -0.497 e. The second-order valence-corrected chi connectivity index (χ2v) is 14.5. The van der Waals surface area contributed by atoms with Gasteiger partial charge in [0.15, 0.2) is 9.04 Å². The van der Waals surface area contributed by atoms with Crippen LogP contribution in [0.2, 0.25) is 13.1 Å². The largest absolute Gasteiger partial charge is 0.497 e. The first kappa shape index (κ1) is 30.4. The number of aliphatic hydroxyl groups is 1. The highest BCUT2D eigenvalue weighted by molar-refractivity contribution is 7.89. The van der Waals surface area contributed by atoms with Gasteiger partial charge in [-0.2, -0.15) is 0 Å². The molecule has 1 amide bonds. The van der Waals surface area contributed by atoms with Crippen molar-refractivity contribution in [2.45, 2.75) is 77.8 Å². The average Bonchev–Trinajstić information content (AvgIpc) is 2.73. The number of hydrogen-bond donors (Lipinski definition) is 3. The fourth-order valence-electron chi connectivity index (χ4n) is 4.43. The van der Waals surface area contributed by atoms with E-state index in [9.17, 15) is 23.4 Å². The number of carboxylic acid groups (broad SMARTS) is 1. The zero-order chi connectivity index (χ0) is 26.5. The van der Waals surface area contributed by atoms with Crippen LogP contribution in [0.15, 0.2) is 29.2 Å². The summed E-state index contributed by atoms with van der Waals surface area (Å²) in [5.74, 6) is 0.516. The first-order chi connectivity index (χ1) is 15.4. The Bertz CT molecular complexity index is 914. The van der Waals surface area contributed by atoms with Gasteiger partial charge in [0, 0.05) is 17.4 Å². The molecule has 11 heteroatoms. The van der Waals surface area contributed by atoms with E-state index in [0.717, 1.165) is 4.90 Å². The molecule has 0 radical (unpaired) electrons. The molecule has 0 aliphatic heterocycles. The lowest BCUT2D eigenvalue weighted by molar-refractivity contribution is -0.220. The molecule has 0 saturated carbocycles. The number of benzene rings is 1. The molecule has 0 bridgehead atoms. The molecule has 0 aliphatic rings. The molecule has 9 nitrogen and oxygen atoms in total. The van der Waals surface area contributed by atoms with Gasteiger partial charge in [-0.15, -0.1) is 0 Å². The molecule has 0 spiro atoms. The van der Waals surface area contributed by atoms with Gasteiger partial charge in [0.25, 0.3) is 0 Å². The van der Waals surface area contributed by atoms with Crippen LogP contribution in [0, 0.1) is 10.8 Å². The molecular formula is C23H42N2O7SSi. The normalized spacial score (nSPS) is 15.6. The number of methoxy groups -OCH3 is 1. The van der Waals surface area contributed by atoms with Crippen LogP contribution in [0.4, 0.5) is 4.79 Å². The monoisotopic (exact) mass is 518 g/mol. The van der Waals surface area contributed by atoms with Crippen molar-refractivity contribution in [1.29, 1.82) is 0 Å². The van der Waals surface area contributed by atoms with Crippen molar-refractivity contribution in [2.24, 2.45) is 10.8 Å². The Morgan fingerprint density at radius 3 is 2.06 bits per heavy atom. The molecule has 0 fully saturated rings. The zero-order valence-corrected chi connectivity index (χ0v) is 23.8. The van der Waals surface area contributed by atoms with E-state index in [-0.39, 0.29) is 18.0 Å². The Balaban J connectivity index is 3.26. The second kappa shape index (κ2) is 11.4. The SMILES string of the molecule is CCC(C)(C)C(O[SiH](C)C)(N(CC(O)CNS(=O)(=O)c1ccc(OC)cc1)C(=O)O)C(C)(C)C. The molecule has 1 aromatic carbocycles. The third-order valence-corrected chi connectivity index (χ3v) is 8.36. The van der Waals surface area contributed by atoms with Crippen molar-refractivity contribution in [1.82, 2.24) is 9.62 Å². The molecule has 34 heavy (non-hydrogen) atoms. The maximum atomic E-state index is 12.7. The van der Waals surface area contributed by atoms with Crippen molar-refractivity contribution in [3.8, 4) is 5.75 Å². The van der Waals surface area contributed by atoms with Gasteiger partial charge < -0.3 is 19.4 Å². The Hall–Kier alpha value is -1.66. The number of ether oxygens (including phenoxy) is 1. The van der Waals surface area contributed by atoms with E-state index in [2.05, 4.69) is 4.72 Å². The zero-order valence-electron chi connectivity index (χ0n) is 21.9. The maximum Gasteiger partial charge on any atom is 0.409 e. The summed E-state index contributed by atoms with van der Waals surface area (Å²) in [5.41, 5.74) is -2.47. The number of hydrogen-bond acceptors (Lipinski definition) is 6. The Kier molecular flexibility index (Phi) is 10.2. The van der Waals surface area contributed by atoms with Crippen LogP contribution in [0.25, 0.3) is 0 Å². The lowest BCUT2D eigenvalue weighted by Crippen LogP contribution is -2.70. The van der Waals surface area contributed by atoms with Crippen molar-refractivity contribution < 1.29 is 32.6 Å². The highest BCUT2D eigenvalue weighted by Gasteiger charge is 2.59. The van der Waals surface area contributed by atoms with E-state index in [1.54, 1.807) is 0 Å². The van der Waals surface area contributed by atoms with Crippen LogP contribution in [-0.2, 0) is 14.4 Å². The van der Waals surface area contributed by atoms with Gasteiger partial charge in [-0.1, -0.05) is 41.5 Å².